The lowest BCUT2D eigenvalue weighted by Gasteiger charge is -2.22. The summed E-state index contributed by atoms with van der Waals surface area (Å²) < 4.78 is 13.8. The van der Waals surface area contributed by atoms with Gasteiger partial charge < -0.3 is 20.3 Å². The van der Waals surface area contributed by atoms with Crippen LogP contribution in [0.3, 0.4) is 0 Å². The van der Waals surface area contributed by atoms with Gasteiger partial charge in [-0.05, 0) is 61.4 Å². The predicted octanol–water partition coefficient (Wildman–Crippen LogP) is 5.60. The quantitative estimate of drug-likeness (QED) is 0.275. The molecule has 1 aliphatic rings. The van der Waals surface area contributed by atoms with Gasteiger partial charge in [0.25, 0.3) is 5.91 Å². The monoisotopic (exact) mass is 506 g/mol. The molecule has 9 heteroatoms. The van der Waals surface area contributed by atoms with Crippen LogP contribution in [0.25, 0.3) is 21.3 Å². The van der Waals surface area contributed by atoms with Crippen molar-refractivity contribution in [2.24, 2.45) is 5.92 Å². The third-order valence-electron chi connectivity index (χ3n) is 6.39. The zero-order valence-electron chi connectivity index (χ0n) is 19.9. The molecule has 1 fully saturated rings. The van der Waals surface area contributed by atoms with Gasteiger partial charge in [0.05, 0.1) is 11.4 Å². The molecule has 186 valence electrons. The van der Waals surface area contributed by atoms with E-state index < -0.39 is 6.09 Å². The molecule has 2 amide bonds. The number of carbonyl (C=O) groups is 2. The highest BCUT2D eigenvalue weighted by Gasteiger charge is 2.30. The molecule has 0 saturated heterocycles. The Bertz CT molecular complexity index is 1430. The molecule has 0 unspecified atom stereocenters. The summed E-state index contributed by atoms with van der Waals surface area (Å²) in [5.41, 5.74) is 4.12. The largest absolute Gasteiger partial charge is 0.465 e. The number of hydrogen-bond donors (Lipinski definition) is 3. The first-order chi connectivity index (χ1) is 17.4. The van der Waals surface area contributed by atoms with Crippen LogP contribution in [0.1, 0.15) is 39.5 Å². The van der Waals surface area contributed by atoms with Crippen LogP contribution < -0.4 is 5.32 Å². The number of hydrogen-bond acceptors (Lipinski definition) is 4. The van der Waals surface area contributed by atoms with E-state index in [0.717, 1.165) is 45.3 Å². The Labute approximate surface area is 212 Å². The summed E-state index contributed by atoms with van der Waals surface area (Å²) in [6.45, 7) is 3.15. The zero-order chi connectivity index (χ0) is 25.2. The summed E-state index contributed by atoms with van der Waals surface area (Å²) in [7, 11) is 0. The van der Waals surface area contributed by atoms with Crippen molar-refractivity contribution in [2.75, 3.05) is 13.1 Å². The topological polar surface area (TPSA) is 98.3 Å². The van der Waals surface area contributed by atoms with Crippen LogP contribution in [0.4, 0.5) is 9.18 Å². The summed E-state index contributed by atoms with van der Waals surface area (Å²) in [4.78, 5) is 35.3. The molecular weight excluding hydrogens is 479 g/mol. The maximum atomic E-state index is 13.9. The summed E-state index contributed by atoms with van der Waals surface area (Å²) in [5, 5.41) is 12.7. The van der Waals surface area contributed by atoms with Crippen molar-refractivity contribution < 1.29 is 19.1 Å². The molecule has 7 nitrogen and oxygen atoms in total. The molecule has 1 aliphatic carbocycles. The van der Waals surface area contributed by atoms with E-state index in [2.05, 4.69) is 15.3 Å². The van der Waals surface area contributed by atoms with Gasteiger partial charge in [-0.2, -0.15) is 0 Å². The van der Waals surface area contributed by atoms with Crippen LogP contribution in [0.2, 0.25) is 0 Å². The van der Waals surface area contributed by atoms with Gasteiger partial charge in [-0.15, -0.1) is 11.3 Å². The van der Waals surface area contributed by atoms with Gasteiger partial charge in [-0.1, -0.05) is 29.8 Å². The Morgan fingerprint density at radius 3 is 2.83 bits per heavy atom. The predicted molar refractivity (Wildman–Crippen MR) is 138 cm³/mol. The van der Waals surface area contributed by atoms with E-state index in [0.29, 0.717) is 36.1 Å². The Morgan fingerprint density at radius 1 is 1.25 bits per heavy atom. The van der Waals surface area contributed by atoms with Crippen molar-refractivity contribution in [3.05, 3.63) is 76.3 Å². The SMILES string of the molecule is Cc1cccc(-c2sc(CNC(=O)O)nc2C(=O)N(CCc2c[nH]c3ccc(F)cc23)CC2CC2)c1. The molecule has 2 heterocycles. The first-order valence-electron chi connectivity index (χ1n) is 12.0. The van der Waals surface area contributed by atoms with Crippen LogP contribution in [0.5, 0.6) is 0 Å². The minimum absolute atomic E-state index is 0.0373. The number of benzene rings is 2. The maximum absolute atomic E-state index is 13.9. The van der Waals surface area contributed by atoms with Crippen molar-refractivity contribution >= 4 is 34.2 Å². The molecule has 0 spiro atoms. The lowest BCUT2D eigenvalue weighted by Crippen LogP contribution is -2.35. The van der Waals surface area contributed by atoms with Crippen LogP contribution in [0.15, 0.2) is 48.7 Å². The molecular formula is C27H27FN4O3S. The lowest BCUT2D eigenvalue weighted by atomic mass is 10.1. The molecule has 0 bridgehead atoms. The minimum Gasteiger partial charge on any atom is -0.465 e. The number of thiazole rings is 1. The fraction of sp³-hybridized carbons (Fsp3) is 0.296. The molecule has 4 aromatic rings. The molecule has 3 N–H and O–H groups in total. The molecule has 0 atom stereocenters. The number of amides is 2. The normalized spacial score (nSPS) is 13.2. The summed E-state index contributed by atoms with van der Waals surface area (Å²) in [5.74, 6) is 0.0212. The van der Waals surface area contributed by atoms with Gasteiger partial charge in [0, 0.05) is 30.2 Å². The van der Waals surface area contributed by atoms with Gasteiger partial charge in [-0.25, -0.2) is 14.2 Å². The smallest absolute Gasteiger partial charge is 0.405 e. The number of aromatic amines is 1. The number of H-pyrrole nitrogens is 1. The van der Waals surface area contributed by atoms with E-state index in [1.165, 1.54) is 23.5 Å². The number of nitrogens with zero attached hydrogens (tertiary/aromatic N) is 2. The third kappa shape index (κ3) is 5.41. The maximum Gasteiger partial charge on any atom is 0.405 e. The summed E-state index contributed by atoms with van der Waals surface area (Å²) in [6.07, 6.45) is 3.51. The van der Waals surface area contributed by atoms with E-state index >= 15 is 0 Å². The summed E-state index contributed by atoms with van der Waals surface area (Å²) >= 11 is 1.33. The third-order valence-corrected chi connectivity index (χ3v) is 7.49. The van der Waals surface area contributed by atoms with Gasteiger partial charge in [0.1, 0.15) is 16.5 Å². The van der Waals surface area contributed by atoms with Crippen LogP contribution in [-0.2, 0) is 13.0 Å². The number of aryl methyl sites for hydroxylation is 1. The van der Waals surface area contributed by atoms with E-state index in [1.54, 1.807) is 6.07 Å². The highest BCUT2D eigenvalue weighted by atomic mass is 32.1. The van der Waals surface area contributed by atoms with E-state index in [-0.39, 0.29) is 18.3 Å². The van der Waals surface area contributed by atoms with E-state index in [9.17, 15) is 14.0 Å². The number of carbonyl (C=O) groups excluding carboxylic acids is 1. The average Bonchev–Trinajstić information content (AvgIpc) is 3.43. The highest BCUT2D eigenvalue weighted by molar-refractivity contribution is 7.15. The van der Waals surface area contributed by atoms with Crippen LogP contribution in [-0.4, -0.2) is 45.1 Å². The van der Waals surface area contributed by atoms with Gasteiger partial charge in [0.2, 0.25) is 0 Å². The van der Waals surface area contributed by atoms with Crippen LogP contribution in [0, 0.1) is 18.7 Å². The van der Waals surface area contributed by atoms with E-state index in [1.807, 2.05) is 42.3 Å². The Kier molecular flexibility index (Phi) is 6.73. The second-order valence-corrected chi connectivity index (χ2v) is 10.3. The van der Waals surface area contributed by atoms with Crippen molar-refractivity contribution in [2.45, 2.75) is 32.7 Å². The molecule has 2 aromatic heterocycles. The van der Waals surface area contributed by atoms with Gasteiger partial charge in [-0.3, -0.25) is 4.79 Å². The average molecular weight is 507 g/mol. The fourth-order valence-electron chi connectivity index (χ4n) is 4.37. The lowest BCUT2D eigenvalue weighted by molar-refractivity contribution is 0.0745. The molecule has 5 rings (SSSR count). The number of fused-ring (bicyclic) bond motifs is 1. The van der Waals surface area contributed by atoms with Crippen molar-refractivity contribution in [3.8, 4) is 10.4 Å². The Morgan fingerprint density at radius 2 is 2.08 bits per heavy atom. The highest BCUT2D eigenvalue weighted by Crippen LogP contribution is 2.34. The van der Waals surface area contributed by atoms with Crippen LogP contribution >= 0.6 is 11.3 Å². The second-order valence-electron chi connectivity index (χ2n) is 9.26. The number of halogens is 1. The second kappa shape index (κ2) is 10.1. The standard InChI is InChI=1S/C27H27FN4O3S/c1-16-3-2-4-18(11-16)25-24(31-23(36-25)14-30-27(34)35)26(33)32(15-17-5-6-17)10-9-19-13-29-22-8-7-20(28)12-21(19)22/h2-4,7-8,11-13,17,29-30H,5-6,9-10,14-15H2,1H3,(H,34,35). The zero-order valence-corrected chi connectivity index (χ0v) is 20.7. The first kappa shape index (κ1) is 24.0. The summed E-state index contributed by atoms with van der Waals surface area (Å²) in [6, 6.07) is 12.5. The van der Waals surface area contributed by atoms with E-state index in [4.69, 9.17) is 5.11 Å². The number of aromatic nitrogens is 2. The molecule has 0 radical (unpaired) electrons. The number of carboxylic acid groups (broad SMARTS) is 1. The van der Waals surface area contributed by atoms with Crippen molar-refractivity contribution in [3.63, 3.8) is 0 Å². The van der Waals surface area contributed by atoms with Crippen molar-refractivity contribution in [1.82, 2.24) is 20.2 Å². The Balaban J connectivity index is 1.44. The van der Waals surface area contributed by atoms with Gasteiger partial charge >= 0.3 is 6.09 Å². The minimum atomic E-state index is -1.14. The Hall–Kier alpha value is -3.72. The molecule has 1 saturated carbocycles. The van der Waals surface area contributed by atoms with Gasteiger partial charge in [0.15, 0.2) is 0 Å². The van der Waals surface area contributed by atoms with Crippen molar-refractivity contribution in [1.29, 1.82) is 0 Å². The molecule has 2 aromatic carbocycles. The first-order valence-corrected chi connectivity index (χ1v) is 12.8. The number of nitrogens with one attached hydrogen (secondary N) is 2. The molecule has 0 aliphatic heterocycles. The molecule has 36 heavy (non-hydrogen) atoms. The fourth-order valence-corrected chi connectivity index (χ4v) is 5.36. The number of rotatable bonds is 9.